The predicted molar refractivity (Wildman–Crippen MR) is 146 cm³/mol. The molecular formula is C30H23F6N3O2S. The number of rotatable bonds is 5. The molecule has 1 aliphatic heterocycles. The lowest BCUT2D eigenvalue weighted by atomic mass is 9.94. The number of hydrogen-bond acceptors (Lipinski definition) is 4. The standard InChI is InChI=1S/C30H23F6N3O2S/c31-29(32,33)20-7-5-18(6-8-20)23-3-1-2-4-24(23)28(41)39-15-13-19(14-16-39)27-38-25(17-42-27)26(40)37-22-11-9-21(10-12-22)30(34,35)36/h1-12,17,19H,13-16H2,(H,37,40). The Hall–Kier alpha value is -4.19. The van der Waals surface area contributed by atoms with Gasteiger partial charge in [-0.1, -0.05) is 30.3 Å². The molecule has 4 aromatic rings. The van der Waals surface area contributed by atoms with E-state index >= 15 is 0 Å². The van der Waals surface area contributed by atoms with Crippen molar-refractivity contribution in [1.82, 2.24) is 9.88 Å². The van der Waals surface area contributed by atoms with Crippen molar-refractivity contribution in [1.29, 1.82) is 0 Å². The average Bonchev–Trinajstić information content (AvgIpc) is 3.47. The minimum Gasteiger partial charge on any atom is -0.339 e. The van der Waals surface area contributed by atoms with Crippen LogP contribution in [0, 0.1) is 0 Å². The van der Waals surface area contributed by atoms with E-state index in [1.165, 1.54) is 35.6 Å². The van der Waals surface area contributed by atoms with Crippen LogP contribution in [0.4, 0.5) is 32.0 Å². The summed E-state index contributed by atoms with van der Waals surface area (Å²) in [6, 6.07) is 15.6. The second-order valence-electron chi connectivity index (χ2n) is 9.79. The van der Waals surface area contributed by atoms with Crippen molar-refractivity contribution in [2.24, 2.45) is 0 Å². The van der Waals surface area contributed by atoms with Gasteiger partial charge in [-0.05, 0) is 66.4 Å². The molecule has 0 atom stereocenters. The van der Waals surface area contributed by atoms with Crippen molar-refractivity contribution in [2.45, 2.75) is 31.1 Å². The minimum absolute atomic E-state index is 0.0109. The van der Waals surface area contributed by atoms with Crippen LogP contribution in [0.3, 0.4) is 0 Å². The molecule has 1 aliphatic rings. The van der Waals surface area contributed by atoms with Crippen LogP contribution in [0.5, 0.6) is 0 Å². The van der Waals surface area contributed by atoms with Crippen LogP contribution < -0.4 is 5.32 Å². The van der Waals surface area contributed by atoms with Crippen LogP contribution >= 0.6 is 11.3 Å². The van der Waals surface area contributed by atoms with Gasteiger partial charge in [-0.25, -0.2) is 4.98 Å². The predicted octanol–water partition coefficient (Wildman–Crippen LogP) is 8.12. The number of hydrogen-bond donors (Lipinski definition) is 1. The Labute approximate surface area is 240 Å². The molecule has 0 unspecified atom stereocenters. The largest absolute Gasteiger partial charge is 0.416 e. The SMILES string of the molecule is O=C(Nc1ccc(C(F)(F)F)cc1)c1csc(C2CCN(C(=O)c3ccccc3-c3ccc(C(F)(F)F)cc3)CC2)n1. The third kappa shape index (κ3) is 6.48. The molecular weight excluding hydrogens is 580 g/mol. The van der Waals surface area contributed by atoms with Gasteiger partial charge in [0.15, 0.2) is 0 Å². The summed E-state index contributed by atoms with van der Waals surface area (Å²) in [5, 5.41) is 4.87. The van der Waals surface area contributed by atoms with Gasteiger partial charge in [0.1, 0.15) is 5.69 Å². The molecule has 1 aromatic heterocycles. The van der Waals surface area contributed by atoms with E-state index in [0.29, 0.717) is 42.6 Å². The maximum absolute atomic E-state index is 13.4. The monoisotopic (exact) mass is 603 g/mol. The molecule has 0 spiro atoms. The Balaban J connectivity index is 1.21. The minimum atomic E-state index is -4.47. The summed E-state index contributed by atoms with van der Waals surface area (Å²) >= 11 is 1.31. The first kappa shape index (κ1) is 29.3. The Morgan fingerprint density at radius 1 is 0.810 bits per heavy atom. The average molecular weight is 604 g/mol. The molecule has 5 nitrogen and oxygen atoms in total. The van der Waals surface area contributed by atoms with E-state index in [0.717, 1.165) is 29.3 Å². The third-order valence-electron chi connectivity index (χ3n) is 7.04. The number of amides is 2. The van der Waals surface area contributed by atoms with E-state index in [-0.39, 0.29) is 23.2 Å². The summed E-state index contributed by atoms with van der Waals surface area (Å²) in [6.07, 6.45) is -7.72. The molecule has 2 amide bonds. The highest BCUT2D eigenvalue weighted by Crippen LogP contribution is 2.35. The van der Waals surface area contributed by atoms with Crippen LogP contribution in [0.15, 0.2) is 78.2 Å². The quantitative estimate of drug-likeness (QED) is 0.235. The zero-order chi connectivity index (χ0) is 30.1. The zero-order valence-electron chi connectivity index (χ0n) is 21.8. The van der Waals surface area contributed by atoms with Crippen molar-refractivity contribution < 1.29 is 35.9 Å². The third-order valence-corrected chi connectivity index (χ3v) is 8.04. The Bertz CT molecular complexity index is 1570. The first-order chi connectivity index (χ1) is 19.9. The molecule has 42 heavy (non-hydrogen) atoms. The lowest BCUT2D eigenvalue weighted by Crippen LogP contribution is -2.38. The molecule has 12 heteroatoms. The lowest BCUT2D eigenvalue weighted by molar-refractivity contribution is -0.138. The maximum atomic E-state index is 13.4. The number of carbonyl (C=O) groups excluding carboxylic acids is 2. The fraction of sp³-hybridized carbons (Fsp3) is 0.233. The van der Waals surface area contributed by atoms with Gasteiger partial charge in [-0.2, -0.15) is 26.3 Å². The molecule has 1 fully saturated rings. The van der Waals surface area contributed by atoms with Gasteiger partial charge in [0.05, 0.1) is 16.1 Å². The molecule has 5 rings (SSSR count). The summed E-state index contributed by atoms with van der Waals surface area (Å²) in [5.74, 6) is -0.749. The number of alkyl halides is 6. The number of thiazole rings is 1. The van der Waals surface area contributed by atoms with Crippen LogP contribution in [0.25, 0.3) is 11.1 Å². The second-order valence-corrected chi connectivity index (χ2v) is 10.7. The number of aromatic nitrogens is 1. The molecule has 3 aromatic carbocycles. The number of nitrogens with zero attached hydrogens (tertiary/aromatic N) is 2. The normalized spacial score (nSPS) is 14.6. The number of carbonyl (C=O) groups is 2. The Morgan fingerprint density at radius 3 is 1.98 bits per heavy atom. The van der Waals surface area contributed by atoms with Crippen molar-refractivity contribution >= 4 is 28.8 Å². The number of anilines is 1. The molecule has 1 saturated heterocycles. The first-order valence-corrected chi connectivity index (χ1v) is 13.8. The zero-order valence-corrected chi connectivity index (χ0v) is 22.6. The molecule has 0 radical (unpaired) electrons. The summed E-state index contributed by atoms with van der Waals surface area (Å²) in [5.41, 5.74) is 0.231. The van der Waals surface area contributed by atoms with Gasteiger partial charge in [0.25, 0.3) is 11.8 Å². The summed E-state index contributed by atoms with van der Waals surface area (Å²) < 4.78 is 77.3. The summed E-state index contributed by atoms with van der Waals surface area (Å²) in [4.78, 5) is 32.2. The maximum Gasteiger partial charge on any atom is 0.416 e. The van der Waals surface area contributed by atoms with E-state index in [2.05, 4.69) is 10.3 Å². The van der Waals surface area contributed by atoms with Crippen LogP contribution in [-0.4, -0.2) is 34.8 Å². The van der Waals surface area contributed by atoms with Crippen molar-refractivity contribution in [3.63, 3.8) is 0 Å². The molecule has 2 heterocycles. The number of benzene rings is 3. The Morgan fingerprint density at radius 2 is 1.38 bits per heavy atom. The van der Waals surface area contributed by atoms with E-state index in [9.17, 15) is 35.9 Å². The molecule has 1 N–H and O–H groups in total. The second kappa shape index (κ2) is 11.6. The molecule has 0 saturated carbocycles. The van der Waals surface area contributed by atoms with E-state index in [4.69, 9.17) is 0 Å². The Kier molecular flexibility index (Phi) is 8.09. The highest BCUT2D eigenvalue weighted by atomic mass is 32.1. The van der Waals surface area contributed by atoms with Gasteiger partial charge in [0, 0.05) is 35.6 Å². The number of halogens is 6. The van der Waals surface area contributed by atoms with Crippen molar-refractivity contribution in [3.8, 4) is 11.1 Å². The molecule has 218 valence electrons. The lowest BCUT2D eigenvalue weighted by Gasteiger charge is -2.31. The van der Waals surface area contributed by atoms with Crippen molar-refractivity contribution in [3.05, 3.63) is 106 Å². The van der Waals surface area contributed by atoms with Crippen LogP contribution in [0.1, 0.15) is 55.7 Å². The fourth-order valence-corrected chi connectivity index (χ4v) is 5.75. The van der Waals surface area contributed by atoms with Gasteiger partial charge in [-0.15, -0.1) is 11.3 Å². The highest BCUT2D eigenvalue weighted by Gasteiger charge is 2.32. The smallest absolute Gasteiger partial charge is 0.339 e. The van der Waals surface area contributed by atoms with Gasteiger partial charge >= 0.3 is 12.4 Å². The van der Waals surface area contributed by atoms with Crippen LogP contribution in [0.2, 0.25) is 0 Å². The molecule has 0 bridgehead atoms. The van der Waals surface area contributed by atoms with Gasteiger partial charge in [0.2, 0.25) is 0 Å². The number of nitrogens with one attached hydrogen (secondary N) is 1. The van der Waals surface area contributed by atoms with E-state index in [1.54, 1.807) is 34.5 Å². The highest BCUT2D eigenvalue weighted by molar-refractivity contribution is 7.10. The van der Waals surface area contributed by atoms with E-state index < -0.39 is 29.4 Å². The summed E-state index contributed by atoms with van der Waals surface area (Å²) in [6.45, 7) is 0.856. The first-order valence-electron chi connectivity index (χ1n) is 12.9. The summed E-state index contributed by atoms with van der Waals surface area (Å²) in [7, 11) is 0. The molecule has 0 aliphatic carbocycles. The van der Waals surface area contributed by atoms with Crippen LogP contribution in [-0.2, 0) is 12.4 Å². The van der Waals surface area contributed by atoms with E-state index in [1.807, 2.05) is 0 Å². The van der Waals surface area contributed by atoms with Gasteiger partial charge in [-0.3, -0.25) is 9.59 Å². The number of likely N-dealkylation sites (tertiary alicyclic amines) is 1. The van der Waals surface area contributed by atoms with Crippen molar-refractivity contribution in [2.75, 3.05) is 18.4 Å². The fourth-order valence-electron chi connectivity index (χ4n) is 4.78. The topological polar surface area (TPSA) is 62.3 Å². The van der Waals surface area contributed by atoms with Gasteiger partial charge < -0.3 is 10.2 Å². The number of piperidine rings is 1.